The molecule has 1 aliphatic carbocycles. The van der Waals surface area contributed by atoms with Gasteiger partial charge in [-0.15, -0.1) is 0 Å². The van der Waals surface area contributed by atoms with E-state index < -0.39 is 0 Å². The Morgan fingerprint density at radius 3 is 2.67 bits per heavy atom. The highest BCUT2D eigenvalue weighted by molar-refractivity contribution is 7.18. The van der Waals surface area contributed by atoms with Crippen LogP contribution in [-0.4, -0.2) is 36.4 Å². The number of amides is 2. The normalized spacial score (nSPS) is 13.8. The van der Waals surface area contributed by atoms with Gasteiger partial charge in [0, 0.05) is 25.6 Å². The van der Waals surface area contributed by atoms with E-state index in [1.165, 1.54) is 11.3 Å². The maximum absolute atomic E-state index is 12.0. The fourth-order valence-electron chi connectivity index (χ4n) is 1.73. The third-order valence-electron chi connectivity index (χ3n) is 3.04. The molecule has 0 unspecified atom stereocenters. The number of hydrogen-bond donors (Lipinski definition) is 4. The van der Waals surface area contributed by atoms with E-state index in [1.54, 1.807) is 0 Å². The molecule has 7 nitrogen and oxygen atoms in total. The largest absolute Gasteiger partial charge is 0.382 e. The molecular formula is C13H21N5O2S. The maximum atomic E-state index is 12.0. The van der Waals surface area contributed by atoms with Gasteiger partial charge in [0.05, 0.1) is 0 Å². The summed E-state index contributed by atoms with van der Waals surface area (Å²) in [5.41, 5.74) is 5.74. The van der Waals surface area contributed by atoms with E-state index in [9.17, 15) is 9.59 Å². The molecule has 21 heavy (non-hydrogen) atoms. The molecule has 8 heteroatoms. The molecule has 0 aliphatic heterocycles. The Hall–Kier alpha value is -1.83. The monoisotopic (exact) mass is 311 g/mol. The second-order valence-electron chi connectivity index (χ2n) is 4.98. The van der Waals surface area contributed by atoms with Gasteiger partial charge in [0.1, 0.15) is 10.7 Å². The van der Waals surface area contributed by atoms with Crippen LogP contribution in [0.2, 0.25) is 0 Å². The molecular weight excluding hydrogens is 290 g/mol. The van der Waals surface area contributed by atoms with E-state index in [-0.39, 0.29) is 23.6 Å². The van der Waals surface area contributed by atoms with Gasteiger partial charge in [-0.2, -0.15) is 0 Å². The summed E-state index contributed by atoms with van der Waals surface area (Å²) in [6.07, 6.45) is 2.92. The molecule has 2 rings (SSSR count). The molecule has 0 bridgehead atoms. The lowest BCUT2D eigenvalue weighted by molar-refractivity contribution is -0.122. The summed E-state index contributed by atoms with van der Waals surface area (Å²) in [7, 11) is 0. The lowest BCUT2D eigenvalue weighted by Crippen LogP contribution is -2.35. The van der Waals surface area contributed by atoms with Crippen LogP contribution in [0.25, 0.3) is 0 Å². The number of thiazole rings is 1. The molecule has 0 atom stereocenters. The van der Waals surface area contributed by atoms with Crippen molar-refractivity contribution in [2.24, 2.45) is 5.92 Å². The number of carbonyl (C=O) groups is 2. The fourth-order valence-corrected chi connectivity index (χ4v) is 2.56. The molecule has 2 amide bonds. The zero-order valence-electron chi connectivity index (χ0n) is 12.1. The number of nitrogens with two attached hydrogens (primary N) is 1. The molecule has 1 heterocycles. The van der Waals surface area contributed by atoms with Crippen molar-refractivity contribution in [3.63, 3.8) is 0 Å². The number of hydrogen-bond acceptors (Lipinski definition) is 6. The van der Waals surface area contributed by atoms with E-state index >= 15 is 0 Å². The Morgan fingerprint density at radius 2 is 2.00 bits per heavy atom. The highest BCUT2D eigenvalue weighted by Gasteiger charge is 2.29. The van der Waals surface area contributed by atoms with Crippen molar-refractivity contribution in [3.05, 3.63) is 4.88 Å². The Balaban J connectivity index is 1.74. The lowest BCUT2D eigenvalue weighted by Gasteiger charge is -2.05. The molecule has 1 aromatic heterocycles. The van der Waals surface area contributed by atoms with Crippen LogP contribution in [0.1, 0.15) is 35.9 Å². The minimum Gasteiger partial charge on any atom is -0.382 e. The zero-order chi connectivity index (χ0) is 15.2. The van der Waals surface area contributed by atoms with Gasteiger partial charge in [0.2, 0.25) is 5.91 Å². The molecule has 0 spiro atoms. The summed E-state index contributed by atoms with van der Waals surface area (Å²) in [5.74, 6) is 0.242. The standard InChI is InChI=1S/C13H21N5O2S/c1-2-5-17-13-18-10(14)9(21-13)12(20)16-7-6-15-11(19)8-3-4-8/h8H,2-7,14H2,1H3,(H,15,19)(H,16,20)(H,17,18). The van der Waals surface area contributed by atoms with Gasteiger partial charge >= 0.3 is 0 Å². The maximum Gasteiger partial charge on any atom is 0.265 e. The number of nitrogens with one attached hydrogen (secondary N) is 3. The Kier molecular flexibility index (Phi) is 5.38. The number of aromatic nitrogens is 1. The smallest absolute Gasteiger partial charge is 0.265 e. The van der Waals surface area contributed by atoms with Crippen LogP contribution in [0.5, 0.6) is 0 Å². The second-order valence-corrected chi connectivity index (χ2v) is 5.98. The highest BCUT2D eigenvalue weighted by Crippen LogP contribution is 2.28. The van der Waals surface area contributed by atoms with Gasteiger partial charge in [0.25, 0.3) is 5.91 Å². The number of nitrogen functional groups attached to an aromatic ring is 1. The van der Waals surface area contributed by atoms with Crippen LogP contribution < -0.4 is 21.7 Å². The minimum atomic E-state index is -0.254. The van der Waals surface area contributed by atoms with Crippen molar-refractivity contribution in [2.75, 3.05) is 30.7 Å². The summed E-state index contributed by atoms with van der Waals surface area (Å²) in [6, 6.07) is 0. The minimum absolute atomic E-state index is 0.0765. The van der Waals surface area contributed by atoms with E-state index in [4.69, 9.17) is 5.73 Å². The summed E-state index contributed by atoms with van der Waals surface area (Å²) in [5, 5.41) is 9.28. The molecule has 1 aromatic rings. The lowest BCUT2D eigenvalue weighted by atomic mass is 10.4. The average Bonchev–Trinajstić information content (AvgIpc) is 3.24. The van der Waals surface area contributed by atoms with Crippen molar-refractivity contribution in [3.8, 4) is 0 Å². The van der Waals surface area contributed by atoms with Crippen molar-refractivity contribution >= 4 is 34.1 Å². The number of rotatable bonds is 8. The zero-order valence-corrected chi connectivity index (χ0v) is 12.9. The van der Waals surface area contributed by atoms with Gasteiger partial charge < -0.3 is 21.7 Å². The number of anilines is 2. The predicted molar refractivity (Wildman–Crippen MR) is 83.4 cm³/mol. The Labute approximate surface area is 127 Å². The van der Waals surface area contributed by atoms with Crippen LogP contribution in [-0.2, 0) is 4.79 Å². The van der Waals surface area contributed by atoms with Gasteiger partial charge in [-0.05, 0) is 19.3 Å². The second kappa shape index (κ2) is 7.26. The first kappa shape index (κ1) is 15.6. The molecule has 0 aromatic carbocycles. The third-order valence-corrected chi connectivity index (χ3v) is 4.07. The quantitative estimate of drug-likeness (QED) is 0.531. The van der Waals surface area contributed by atoms with Gasteiger partial charge in [-0.3, -0.25) is 9.59 Å². The van der Waals surface area contributed by atoms with Crippen molar-refractivity contribution < 1.29 is 9.59 Å². The molecule has 1 aliphatic rings. The topological polar surface area (TPSA) is 109 Å². The van der Waals surface area contributed by atoms with Crippen LogP contribution >= 0.6 is 11.3 Å². The van der Waals surface area contributed by atoms with Crippen molar-refractivity contribution in [2.45, 2.75) is 26.2 Å². The summed E-state index contributed by atoms with van der Waals surface area (Å²) in [4.78, 5) is 27.9. The molecule has 5 N–H and O–H groups in total. The predicted octanol–water partition coefficient (Wildman–Crippen LogP) is 0.803. The van der Waals surface area contributed by atoms with Gasteiger partial charge in [-0.25, -0.2) is 4.98 Å². The first-order valence-corrected chi connectivity index (χ1v) is 7.99. The van der Waals surface area contributed by atoms with Gasteiger partial charge in [-0.1, -0.05) is 18.3 Å². The molecule has 1 fully saturated rings. The van der Waals surface area contributed by atoms with Crippen LogP contribution in [0.4, 0.5) is 10.9 Å². The SMILES string of the molecule is CCCNc1nc(N)c(C(=O)NCCNC(=O)C2CC2)s1. The van der Waals surface area contributed by atoms with Gasteiger partial charge in [0.15, 0.2) is 5.13 Å². The Morgan fingerprint density at radius 1 is 1.29 bits per heavy atom. The summed E-state index contributed by atoms with van der Waals surface area (Å²) < 4.78 is 0. The van der Waals surface area contributed by atoms with E-state index in [0.29, 0.717) is 23.1 Å². The number of carbonyl (C=O) groups excluding carboxylic acids is 2. The first-order valence-electron chi connectivity index (χ1n) is 7.18. The van der Waals surface area contributed by atoms with Crippen molar-refractivity contribution in [1.29, 1.82) is 0 Å². The molecule has 116 valence electrons. The Bertz CT molecular complexity index is 513. The average molecular weight is 311 g/mol. The fraction of sp³-hybridized carbons (Fsp3) is 0.615. The molecule has 0 saturated heterocycles. The van der Waals surface area contributed by atoms with Crippen molar-refractivity contribution in [1.82, 2.24) is 15.6 Å². The van der Waals surface area contributed by atoms with E-state index in [0.717, 1.165) is 25.8 Å². The van der Waals surface area contributed by atoms with Crippen LogP contribution in [0.15, 0.2) is 0 Å². The van der Waals surface area contributed by atoms with E-state index in [2.05, 4.69) is 20.9 Å². The summed E-state index contributed by atoms with van der Waals surface area (Å²) in [6.45, 7) is 3.65. The summed E-state index contributed by atoms with van der Waals surface area (Å²) >= 11 is 1.24. The first-order chi connectivity index (χ1) is 10.1. The van der Waals surface area contributed by atoms with Crippen LogP contribution in [0.3, 0.4) is 0 Å². The highest BCUT2D eigenvalue weighted by atomic mass is 32.1. The van der Waals surface area contributed by atoms with Crippen LogP contribution in [0, 0.1) is 5.92 Å². The molecule has 1 saturated carbocycles. The number of nitrogens with zero attached hydrogens (tertiary/aromatic N) is 1. The third kappa shape index (κ3) is 4.59. The molecule has 0 radical (unpaired) electrons. The van der Waals surface area contributed by atoms with E-state index in [1.807, 2.05) is 6.92 Å².